The number of ketones is 2. The Bertz CT molecular complexity index is 1340. The Morgan fingerprint density at radius 3 is 2.62 bits per heavy atom. The third kappa shape index (κ3) is 4.66. The number of Topliss-reactive ketones (excluding diaryl/α,β-unsaturated/α-hetero) is 2. The predicted octanol–water partition coefficient (Wildman–Crippen LogP) is 8.12. The Balaban J connectivity index is 1.49. The van der Waals surface area contributed by atoms with Gasteiger partial charge >= 0.3 is 0 Å². The highest BCUT2D eigenvalue weighted by atomic mass is 79.9. The van der Waals surface area contributed by atoms with Crippen molar-refractivity contribution in [3.8, 4) is 11.4 Å². The molecule has 2 unspecified atom stereocenters. The van der Waals surface area contributed by atoms with Gasteiger partial charge in [0.25, 0.3) is 0 Å². The van der Waals surface area contributed by atoms with Crippen LogP contribution in [0.5, 0.6) is 0 Å². The SMILES string of the molecule is CCC(=O)c1ccc2c(c1)nc(-c1ccccc1)n2C1CCCC(CC(=O)c2ccc(Br)s2)C1. The molecule has 0 bridgehead atoms. The van der Waals surface area contributed by atoms with Crippen LogP contribution in [-0.2, 0) is 0 Å². The summed E-state index contributed by atoms with van der Waals surface area (Å²) in [7, 11) is 0. The van der Waals surface area contributed by atoms with Crippen LogP contribution >= 0.6 is 27.3 Å². The van der Waals surface area contributed by atoms with Crippen LogP contribution in [-0.4, -0.2) is 21.1 Å². The molecule has 2 aromatic carbocycles. The van der Waals surface area contributed by atoms with Crippen LogP contribution in [0.4, 0.5) is 0 Å². The van der Waals surface area contributed by atoms with Gasteiger partial charge in [-0.2, -0.15) is 0 Å². The number of benzene rings is 2. The third-order valence-corrected chi connectivity index (χ3v) is 8.47. The standard InChI is InChI=1S/C28H27BrN2O2S/c1-2-24(32)20-11-12-23-22(17-20)30-28(19-8-4-3-5-9-19)31(23)21-10-6-7-18(15-21)16-25(33)26-13-14-27(29)34-26/h3-5,8-9,11-14,17-18,21H,2,6-7,10,15-16H2,1H3. The number of nitrogens with zero attached hydrogens (tertiary/aromatic N) is 2. The first-order valence-corrected chi connectivity index (χ1v) is 13.5. The summed E-state index contributed by atoms with van der Waals surface area (Å²) in [5, 5.41) is 0. The van der Waals surface area contributed by atoms with Crippen LogP contribution in [0, 0.1) is 5.92 Å². The van der Waals surface area contributed by atoms with Crippen molar-refractivity contribution in [1.29, 1.82) is 0 Å². The molecule has 0 saturated heterocycles. The van der Waals surface area contributed by atoms with Crippen molar-refractivity contribution in [2.75, 3.05) is 0 Å². The first kappa shape index (κ1) is 23.2. The number of hydrogen-bond donors (Lipinski definition) is 0. The lowest BCUT2D eigenvalue weighted by Gasteiger charge is -2.31. The number of carbonyl (C=O) groups excluding carboxylic acids is 2. The maximum Gasteiger partial charge on any atom is 0.173 e. The molecule has 1 aliphatic rings. The molecule has 0 aliphatic heterocycles. The maximum atomic E-state index is 12.9. The van der Waals surface area contributed by atoms with Gasteiger partial charge in [-0.15, -0.1) is 11.3 Å². The number of fused-ring (bicyclic) bond motifs is 1. The predicted molar refractivity (Wildman–Crippen MR) is 142 cm³/mol. The van der Waals surface area contributed by atoms with Gasteiger partial charge in [-0.25, -0.2) is 4.98 Å². The molecular formula is C28H27BrN2O2S. The van der Waals surface area contributed by atoms with Gasteiger partial charge in [0.05, 0.1) is 19.7 Å². The summed E-state index contributed by atoms with van der Waals surface area (Å²) in [5.41, 5.74) is 3.71. The molecule has 0 radical (unpaired) electrons. The number of carbonyl (C=O) groups is 2. The fourth-order valence-corrected chi connectivity index (χ4v) is 6.48. The highest BCUT2D eigenvalue weighted by Gasteiger charge is 2.29. The molecule has 2 heterocycles. The zero-order valence-corrected chi connectivity index (χ0v) is 21.6. The number of aromatic nitrogens is 2. The van der Waals surface area contributed by atoms with Gasteiger partial charge in [-0.1, -0.05) is 43.7 Å². The molecule has 2 atom stereocenters. The number of halogens is 1. The largest absolute Gasteiger partial charge is 0.321 e. The van der Waals surface area contributed by atoms with Gasteiger partial charge in [0.2, 0.25) is 0 Å². The molecule has 1 aliphatic carbocycles. The normalized spacial score (nSPS) is 18.3. The Morgan fingerprint density at radius 1 is 1.06 bits per heavy atom. The highest BCUT2D eigenvalue weighted by Crippen LogP contribution is 2.40. The van der Waals surface area contributed by atoms with Gasteiger partial charge in [-0.3, -0.25) is 9.59 Å². The number of imidazole rings is 1. The summed E-state index contributed by atoms with van der Waals surface area (Å²) >= 11 is 4.98. The van der Waals surface area contributed by atoms with Gasteiger partial charge in [0.1, 0.15) is 5.82 Å². The van der Waals surface area contributed by atoms with E-state index in [1.54, 1.807) is 0 Å². The number of hydrogen-bond acceptors (Lipinski definition) is 4. The minimum absolute atomic E-state index is 0.133. The first-order valence-electron chi connectivity index (χ1n) is 11.9. The van der Waals surface area contributed by atoms with Crippen LogP contribution < -0.4 is 0 Å². The second-order valence-corrected chi connectivity index (χ2v) is 11.5. The summed E-state index contributed by atoms with van der Waals surface area (Å²) in [6.45, 7) is 1.89. The van der Waals surface area contributed by atoms with E-state index in [2.05, 4.69) is 38.7 Å². The van der Waals surface area contributed by atoms with E-state index in [9.17, 15) is 9.59 Å². The lowest BCUT2D eigenvalue weighted by Crippen LogP contribution is -2.22. The lowest BCUT2D eigenvalue weighted by molar-refractivity contribution is 0.0944. The second-order valence-electron chi connectivity index (χ2n) is 9.07. The highest BCUT2D eigenvalue weighted by molar-refractivity contribution is 9.11. The summed E-state index contributed by atoms with van der Waals surface area (Å²) in [4.78, 5) is 31.1. The van der Waals surface area contributed by atoms with E-state index in [1.165, 1.54) is 11.3 Å². The van der Waals surface area contributed by atoms with E-state index in [0.717, 1.165) is 56.8 Å². The molecule has 4 nitrogen and oxygen atoms in total. The van der Waals surface area contributed by atoms with Gasteiger partial charge in [0, 0.05) is 30.0 Å². The average molecular weight is 536 g/mol. The van der Waals surface area contributed by atoms with Crippen molar-refractivity contribution in [2.45, 2.75) is 51.5 Å². The molecule has 0 N–H and O–H groups in total. The van der Waals surface area contributed by atoms with Crippen molar-refractivity contribution in [3.05, 3.63) is 74.9 Å². The van der Waals surface area contributed by atoms with Crippen molar-refractivity contribution >= 4 is 49.9 Å². The summed E-state index contributed by atoms with van der Waals surface area (Å²) in [6, 6.07) is 20.3. The second kappa shape index (κ2) is 9.96. The lowest BCUT2D eigenvalue weighted by atomic mass is 9.82. The van der Waals surface area contributed by atoms with Crippen LogP contribution in [0.15, 0.2) is 64.5 Å². The Labute approximate surface area is 212 Å². The van der Waals surface area contributed by atoms with E-state index in [-0.39, 0.29) is 17.6 Å². The zero-order chi connectivity index (χ0) is 23.7. The number of thiophene rings is 1. The molecule has 1 saturated carbocycles. The zero-order valence-electron chi connectivity index (χ0n) is 19.2. The van der Waals surface area contributed by atoms with E-state index < -0.39 is 0 Å². The van der Waals surface area contributed by atoms with E-state index in [4.69, 9.17) is 4.98 Å². The van der Waals surface area contributed by atoms with E-state index >= 15 is 0 Å². The van der Waals surface area contributed by atoms with Crippen molar-refractivity contribution in [2.24, 2.45) is 5.92 Å². The van der Waals surface area contributed by atoms with Crippen LogP contribution in [0.2, 0.25) is 0 Å². The smallest absolute Gasteiger partial charge is 0.173 e. The number of rotatable bonds is 7. The fourth-order valence-electron chi connectivity index (χ4n) is 5.15. The van der Waals surface area contributed by atoms with Crippen LogP contribution in [0.25, 0.3) is 22.4 Å². The Kier molecular flexibility index (Phi) is 6.79. The molecule has 4 aromatic rings. The van der Waals surface area contributed by atoms with Gasteiger partial charge in [-0.05, 0) is 71.4 Å². The molecular weight excluding hydrogens is 508 g/mol. The fraction of sp³-hybridized carbons (Fsp3) is 0.321. The van der Waals surface area contributed by atoms with Crippen LogP contribution in [0.1, 0.15) is 71.5 Å². The average Bonchev–Trinajstić information content (AvgIpc) is 3.47. The summed E-state index contributed by atoms with van der Waals surface area (Å²) in [6.07, 6.45) is 5.27. The molecule has 6 heteroatoms. The van der Waals surface area contributed by atoms with E-state index in [1.807, 2.05) is 49.4 Å². The molecule has 1 fully saturated rings. The molecule has 0 amide bonds. The minimum atomic E-state index is 0.133. The Morgan fingerprint density at radius 2 is 1.88 bits per heavy atom. The van der Waals surface area contributed by atoms with Gasteiger partial charge in [0.15, 0.2) is 11.6 Å². The third-order valence-electron chi connectivity index (χ3n) is 6.81. The monoisotopic (exact) mass is 534 g/mol. The molecule has 0 spiro atoms. The maximum absolute atomic E-state index is 12.9. The molecule has 174 valence electrons. The quantitative estimate of drug-likeness (QED) is 0.225. The first-order chi connectivity index (χ1) is 16.5. The summed E-state index contributed by atoms with van der Waals surface area (Å²) in [5.74, 6) is 1.67. The Hall–Kier alpha value is -2.57. The van der Waals surface area contributed by atoms with Crippen molar-refractivity contribution in [1.82, 2.24) is 9.55 Å². The van der Waals surface area contributed by atoms with E-state index in [0.29, 0.717) is 24.3 Å². The molecule has 34 heavy (non-hydrogen) atoms. The van der Waals surface area contributed by atoms with Crippen molar-refractivity contribution in [3.63, 3.8) is 0 Å². The minimum Gasteiger partial charge on any atom is -0.321 e. The van der Waals surface area contributed by atoms with Gasteiger partial charge < -0.3 is 4.57 Å². The molecule has 5 rings (SSSR count). The van der Waals surface area contributed by atoms with Crippen LogP contribution in [0.3, 0.4) is 0 Å². The topological polar surface area (TPSA) is 52.0 Å². The summed E-state index contributed by atoms with van der Waals surface area (Å²) < 4.78 is 3.36. The molecule has 2 aromatic heterocycles. The van der Waals surface area contributed by atoms with Crippen molar-refractivity contribution < 1.29 is 9.59 Å².